The Labute approximate surface area is 537 Å². The molecule has 0 rings (SSSR count). The lowest BCUT2D eigenvalue weighted by atomic mass is 9.99. The van der Waals surface area contributed by atoms with Crippen molar-refractivity contribution < 1.29 is 80.2 Å². The van der Waals surface area contributed by atoms with Gasteiger partial charge in [0.05, 0.1) is 26.4 Å². The topological polar surface area (TPSA) is 237 Å². The highest BCUT2D eigenvalue weighted by molar-refractivity contribution is 7.47. The number of rotatable bonds is 66. The van der Waals surface area contributed by atoms with Gasteiger partial charge in [0.25, 0.3) is 0 Å². The van der Waals surface area contributed by atoms with E-state index in [4.69, 9.17) is 37.0 Å². The fourth-order valence-corrected chi connectivity index (χ4v) is 11.8. The van der Waals surface area contributed by atoms with Gasteiger partial charge in [-0.05, 0) is 49.4 Å². The van der Waals surface area contributed by atoms with Crippen LogP contribution in [0.15, 0.2) is 0 Å². The van der Waals surface area contributed by atoms with Gasteiger partial charge in [-0.25, -0.2) is 9.13 Å². The molecule has 0 aliphatic heterocycles. The Bertz CT molecular complexity index is 1750. The molecule has 0 bridgehead atoms. The Morgan fingerprint density at radius 1 is 0.318 bits per heavy atom. The fraction of sp³-hybridized carbons (Fsp3) is 0.942. The molecule has 0 aromatic rings. The molecule has 0 saturated heterocycles. The molecule has 19 heteroatoms. The van der Waals surface area contributed by atoms with Gasteiger partial charge in [0, 0.05) is 25.7 Å². The normalized spacial score (nSPS) is 14.9. The maximum absolute atomic E-state index is 13.0. The van der Waals surface area contributed by atoms with Crippen LogP contribution in [0.25, 0.3) is 0 Å². The first kappa shape index (κ1) is 86.1. The molecule has 0 aromatic carbocycles. The van der Waals surface area contributed by atoms with E-state index in [0.29, 0.717) is 31.6 Å². The molecule has 0 radical (unpaired) electrons. The molecule has 0 saturated carbocycles. The number of hydrogen-bond donors (Lipinski definition) is 3. The number of esters is 4. The average Bonchev–Trinajstić information content (AvgIpc) is 3.55. The molecule has 4 unspecified atom stereocenters. The van der Waals surface area contributed by atoms with Crippen LogP contribution in [0.2, 0.25) is 0 Å². The van der Waals surface area contributed by atoms with Crippen LogP contribution >= 0.6 is 15.6 Å². The van der Waals surface area contributed by atoms with E-state index in [2.05, 4.69) is 55.4 Å². The molecule has 3 N–H and O–H groups in total. The highest BCUT2D eigenvalue weighted by atomic mass is 31.2. The molecular weight excluding hydrogens is 1160 g/mol. The standard InChI is InChI=1S/C69H134O17P2/c1-9-61(7)47-39-31-22-18-15-16-19-23-33-41-49-66(71)79-55-64(85-68(73)51-43-35-24-20-14-12-11-13-17-21-29-37-45-59(3)4)57-83-87(75,76)81-53-63(70)54-82-88(77,78)84-58-65(56-80-67(72)50-42-34-27-25-30-38-46-60(5)6)86-69(74)52-44-36-28-26-32-40-48-62(8)10-2/h59-65,70H,9-58H2,1-8H3,(H,75,76)(H,77,78)/t61?,62?,63-,64-,65-/m1/s1. The molecule has 17 nitrogen and oxygen atoms in total. The zero-order valence-electron chi connectivity index (χ0n) is 57.3. The number of phosphoric acid groups is 2. The molecule has 88 heavy (non-hydrogen) atoms. The van der Waals surface area contributed by atoms with Crippen molar-refractivity contribution in [1.29, 1.82) is 0 Å². The van der Waals surface area contributed by atoms with Crippen molar-refractivity contribution in [2.75, 3.05) is 39.6 Å². The third kappa shape index (κ3) is 60.3. The maximum Gasteiger partial charge on any atom is 0.472 e. The molecule has 0 spiro atoms. The van der Waals surface area contributed by atoms with E-state index >= 15 is 0 Å². The lowest BCUT2D eigenvalue weighted by Gasteiger charge is -2.21. The van der Waals surface area contributed by atoms with Gasteiger partial charge < -0.3 is 33.8 Å². The van der Waals surface area contributed by atoms with Crippen LogP contribution in [0, 0.1) is 23.7 Å². The Balaban J connectivity index is 5.25. The first-order valence-corrected chi connectivity index (χ1v) is 38.8. The van der Waals surface area contributed by atoms with Crippen LogP contribution in [0.4, 0.5) is 0 Å². The highest BCUT2D eigenvalue weighted by Gasteiger charge is 2.30. The van der Waals surface area contributed by atoms with E-state index in [1.807, 2.05) is 0 Å². The molecule has 0 aliphatic carbocycles. The van der Waals surface area contributed by atoms with Gasteiger partial charge in [0.1, 0.15) is 19.3 Å². The summed E-state index contributed by atoms with van der Waals surface area (Å²) in [5.41, 5.74) is 0. The first-order valence-electron chi connectivity index (χ1n) is 35.8. The number of aliphatic hydroxyl groups is 1. The lowest BCUT2D eigenvalue weighted by Crippen LogP contribution is -2.30. The van der Waals surface area contributed by atoms with Crippen molar-refractivity contribution in [3.63, 3.8) is 0 Å². The Kier molecular flexibility index (Phi) is 57.6. The molecule has 0 amide bonds. The molecule has 522 valence electrons. The number of carbonyl (C=O) groups excluding carboxylic acids is 4. The van der Waals surface area contributed by atoms with E-state index in [-0.39, 0.29) is 25.7 Å². The smallest absolute Gasteiger partial charge is 0.462 e. The van der Waals surface area contributed by atoms with Crippen LogP contribution < -0.4 is 0 Å². The Morgan fingerprint density at radius 2 is 0.545 bits per heavy atom. The van der Waals surface area contributed by atoms with Crippen LogP contribution in [-0.4, -0.2) is 96.7 Å². The van der Waals surface area contributed by atoms with Crippen molar-refractivity contribution in [3.8, 4) is 0 Å². The molecule has 0 aromatic heterocycles. The van der Waals surface area contributed by atoms with Gasteiger partial charge in [-0.1, -0.05) is 287 Å². The molecule has 0 heterocycles. The van der Waals surface area contributed by atoms with E-state index in [1.54, 1.807) is 0 Å². The summed E-state index contributed by atoms with van der Waals surface area (Å²) < 4.78 is 68.2. The van der Waals surface area contributed by atoms with Gasteiger partial charge >= 0.3 is 39.5 Å². The largest absolute Gasteiger partial charge is 0.472 e. The summed E-state index contributed by atoms with van der Waals surface area (Å²) in [7, 11) is -9.90. The summed E-state index contributed by atoms with van der Waals surface area (Å²) in [6.45, 7) is 14.0. The summed E-state index contributed by atoms with van der Waals surface area (Å²) in [6.07, 6.45) is 40.4. The third-order valence-electron chi connectivity index (χ3n) is 16.5. The molecule has 7 atom stereocenters. The number of phosphoric ester groups is 2. The summed E-state index contributed by atoms with van der Waals surface area (Å²) in [4.78, 5) is 72.4. The van der Waals surface area contributed by atoms with Crippen LogP contribution in [-0.2, 0) is 65.4 Å². The number of unbranched alkanes of at least 4 members (excludes halogenated alkanes) is 30. The van der Waals surface area contributed by atoms with Crippen molar-refractivity contribution in [2.45, 2.75) is 356 Å². The van der Waals surface area contributed by atoms with Gasteiger partial charge in [0.2, 0.25) is 0 Å². The first-order chi connectivity index (χ1) is 42.2. The fourth-order valence-electron chi connectivity index (χ4n) is 10.2. The number of hydrogen-bond acceptors (Lipinski definition) is 15. The zero-order chi connectivity index (χ0) is 65.4. The van der Waals surface area contributed by atoms with Gasteiger partial charge in [-0.3, -0.25) is 37.3 Å². The minimum Gasteiger partial charge on any atom is -0.462 e. The highest BCUT2D eigenvalue weighted by Crippen LogP contribution is 2.45. The van der Waals surface area contributed by atoms with Gasteiger partial charge in [-0.2, -0.15) is 0 Å². The third-order valence-corrected chi connectivity index (χ3v) is 18.4. The second kappa shape index (κ2) is 58.8. The van der Waals surface area contributed by atoms with E-state index in [9.17, 15) is 43.2 Å². The summed E-state index contributed by atoms with van der Waals surface area (Å²) in [5, 5.41) is 10.6. The number of aliphatic hydroxyl groups excluding tert-OH is 1. The van der Waals surface area contributed by atoms with Gasteiger partial charge in [0.15, 0.2) is 12.2 Å². The van der Waals surface area contributed by atoms with E-state index < -0.39 is 97.5 Å². The minimum absolute atomic E-state index is 0.101. The molecular formula is C69H134O17P2. The Hall–Kier alpha value is -1.94. The predicted octanol–water partition coefficient (Wildman–Crippen LogP) is 19.3. The molecule has 0 aliphatic rings. The Morgan fingerprint density at radius 3 is 0.807 bits per heavy atom. The predicted molar refractivity (Wildman–Crippen MR) is 354 cm³/mol. The number of ether oxygens (including phenoxy) is 4. The van der Waals surface area contributed by atoms with Crippen LogP contribution in [0.5, 0.6) is 0 Å². The zero-order valence-corrected chi connectivity index (χ0v) is 59.1. The summed E-state index contributed by atoms with van der Waals surface area (Å²) in [5.74, 6) is 0.851. The van der Waals surface area contributed by atoms with Crippen LogP contribution in [0.1, 0.15) is 338 Å². The van der Waals surface area contributed by atoms with Crippen molar-refractivity contribution >= 4 is 39.5 Å². The van der Waals surface area contributed by atoms with Crippen molar-refractivity contribution in [1.82, 2.24) is 0 Å². The lowest BCUT2D eigenvalue weighted by molar-refractivity contribution is -0.161. The summed E-state index contributed by atoms with van der Waals surface area (Å²) in [6, 6.07) is 0. The summed E-state index contributed by atoms with van der Waals surface area (Å²) >= 11 is 0. The quantitative estimate of drug-likeness (QED) is 0.0222. The monoisotopic (exact) mass is 1300 g/mol. The van der Waals surface area contributed by atoms with Crippen molar-refractivity contribution in [3.05, 3.63) is 0 Å². The van der Waals surface area contributed by atoms with Crippen molar-refractivity contribution in [2.24, 2.45) is 23.7 Å². The minimum atomic E-state index is -4.95. The van der Waals surface area contributed by atoms with E-state index in [1.165, 1.54) is 135 Å². The average molecular weight is 1300 g/mol. The van der Waals surface area contributed by atoms with Gasteiger partial charge in [-0.15, -0.1) is 0 Å². The maximum atomic E-state index is 13.0. The SMILES string of the molecule is CCC(C)CCCCCCCCCCCCC(=O)OC[C@H](COP(=O)(O)OC[C@@H](O)COP(=O)(O)OC[C@@H](COC(=O)CCCCCCCCC(C)C)OC(=O)CCCCCCCCC(C)CC)OC(=O)CCCCCCCCCCCCCCC(C)C. The van der Waals surface area contributed by atoms with Crippen LogP contribution in [0.3, 0.4) is 0 Å². The molecule has 0 fully saturated rings. The van der Waals surface area contributed by atoms with E-state index in [0.717, 1.165) is 114 Å². The second-order valence-electron chi connectivity index (χ2n) is 26.4. The number of carbonyl (C=O) groups is 4. The second-order valence-corrected chi connectivity index (χ2v) is 29.3.